The number of ether oxygens (including phenoxy) is 1. The number of hydrogen-bond acceptors (Lipinski definition) is 3. The van der Waals surface area contributed by atoms with E-state index in [2.05, 4.69) is 35.1 Å². The molecule has 1 aromatic carbocycles. The minimum Gasteiger partial charge on any atom is -0.487 e. The monoisotopic (exact) mass is 363 g/mol. The summed E-state index contributed by atoms with van der Waals surface area (Å²) in [6, 6.07) is 10.4. The predicted molar refractivity (Wildman–Crippen MR) is 104 cm³/mol. The lowest BCUT2D eigenvalue weighted by molar-refractivity contribution is 0.288. The molecule has 0 radical (unpaired) electrons. The Morgan fingerprint density at radius 1 is 1.24 bits per heavy atom. The summed E-state index contributed by atoms with van der Waals surface area (Å²) in [5, 5.41) is 7.95. The summed E-state index contributed by atoms with van der Waals surface area (Å²) in [6.45, 7) is 4.46. The minimum atomic E-state index is 0. The van der Waals surface area contributed by atoms with Crippen molar-refractivity contribution in [1.29, 1.82) is 0 Å². The molecule has 4 nitrogen and oxygen atoms in total. The lowest BCUT2D eigenvalue weighted by Crippen LogP contribution is -2.11. The largest absolute Gasteiger partial charge is 0.487 e. The Balaban J connectivity index is 0.00000225. The Morgan fingerprint density at radius 3 is 2.76 bits per heavy atom. The molecule has 1 fully saturated rings. The van der Waals surface area contributed by atoms with Gasteiger partial charge in [0.2, 0.25) is 0 Å². The van der Waals surface area contributed by atoms with E-state index >= 15 is 0 Å². The highest BCUT2D eigenvalue weighted by atomic mass is 35.5. The van der Waals surface area contributed by atoms with Gasteiger partial charge in [-0.2, -0.15) is 5.10 Å². The molecule has 0 saturated heterocycles. The molecule has 0 bridgehead atoms. The van der Waals surface area contributed by atoms with Crippen LogP contribution in [0.5, 0.6) is 5.75 Å². The molecule has 3 rings (SSSR count). The van der Waals surface area contributed by atoms with Gasteiger partial charge in [0.05, 0.1) is 11.4 Å². The van der Waals surface area contributed by atoms with Gasteiger partial charge in [-0.1, -0.05) is 37.8 Å². The van der Waals surface area contributed by atoms with Gasteiger partial charge in [-0.3, -0.25) is 4.68 Å². The second-order valence-electron chi connectivity index (χ2n) is 6.92. The number of nitrogens with zero attached hydrogens (tertiary/aromatic N) is 2. The van der Waals surface area contributed by atoms with Crippen LogP contribution in [0.15, 0.2) is 30.3 Å². The average molecular weight is 364 g/mol. The normalized spacial score (nSPS) is 14.5. The highest BCUT2D eigenvalue weighted by Crippen LogP contribution is 2.28. The Labute approximate surface area is 157 Å². The zero-order chi connectivity index (χ0) is 16.8. The molecular weight excluding hydrogens is 334 g/mol. The number of aromatic nitrogens is 2. The SMILES string of the molecule is CNCc1cc(COc2cccc(C)c2)n(CCC2CCCC2)n1.Cl. The van der Waals surface area contributed by atoms with E-state index < -0.39 is 0 Å². The minimum absolute atomic E-state index is 0. The zero-order valence-corrected chi connectivity index (χ0v) is 16.1. The Bertz CT molecular complexity index is 650. The molecule has 1 aliphatic rings. The van der Waals surface area contributed by atoms with Gasteiger partial charge in [-0.25, -0.2) is 0 Å². The number of rotatable bonds is 8. The third-order valence-electron chi connectivity index (χ3n) is 4.87. The maximum atomic E-state index is 6.00. The van der Waals surface area contributed by atoms with Gasteiger partial charge < -0.3 is 10.1 Å². The fourth-order valence-electron chi connectivity index (χ4n) is 3.56. The van der Waals surface area contributed by atoms with Crippen molar-refractivity contribution in [3.05, 3.63) is 47.3 Å². The molecule has 1 aromatic heterocycles. The van der Waals surface area contributed by atoms with Crippen LogP contribution in [-0.2, 0) is 19.7 Å². The maximum absolute atomic E-state index is 6.00. The standard InChI is InChI=1S/C20H29N3O.ClH/c1-16-6-5-9-20(12-16)24-15-19-13-18(14-21-2)22-23(19)11-10-17-7-3-4-8-17;/h5-6,9,12-13,17,21H,3-4,7-8,10-11,14-15H2,1-2H3;1H. The second-order valence-corrected chi connectivity index (χ2v) is 6.92. The van der Waals surface area contributed by atoms with Crippen LogP contribution in [0.4, 0.5) is 0 Å². The van der Waals surface area contributed by atoms with E-state index in [0.717, 1.165) is 30.5 Å². The van der Waals surface area contributed by atoms with Crippen molar-refractivity contribution in [3.63, 3.8) is 0 Å². The molecule has 2 aromatic rings. The Morgan fingerprint density at radius 2 is 2.04 bits per heavy atom. The lowest BCUT2D eigenvalue weighted by Gasteiger charge is -2.12. The second kappa shape index (κ2) is 9.83. The summed E-state index contributed by atoms with van der Waals surface area (Å²) in [7, 11) is 1.96. The Hall–Kier alpha value is -1.52. The zero-order valence-electron chi connectivity index (χ0n) is 15.3. The fraction of sp³-hybridized carbons (Fsp3) is 0.550. The first kappa shape index (κ1) is 19.8. The van der Waals surface area contributed by atoms with Crippen LogP contribution in [-0.4, -0.2) is 16.8 Å². The molecule has 1 aliphatic carbocycles. The van der Waals surface area contributed by atoms with Crippen LogP contribution in [0.25, 0.3) is 0 Å². The first-order chi connectivity index (χ1) is 11.7. The topological polar surface area (TPSA) is 39.1 Å². The van der Waals surface area contributed by atoms with Crippen molar-refractivity contribution in [2.24, 2.45) is 5.92 Å². The highest BCUT2D eigenvalue weighted by molar-refractivity contribution is 5.85. The highest BCUT2D eigenvalue weighted by Gasteiger charge is 2.16. The quantitative estimate of drug-likeness (QED) is 0.750. The number of nitrogens with one attached hydrogen (secondary N) is 1. The molecule has 5 heteroatoms. The molecule has 0 spiro atoms. The summed E-state index contributed by atoms with van der Waals surface area (Å²) >= 11 is 0. The fourth-order valence-corrected chi connectivity index (χ4v) is 3.56. The lowest BCUT2D eigenvalue weighted by atomic mass is 10.0. The van der Waals surface area contributed by atoms with E-state index in [9.17, 15) is 0 Å². The first-order valence-corrected chi connectivity index (χ1v) is 9.14. The van der Waals surface area contributed by atoms with E-state index in [4.69, 9.17) is 9.84 Å². The van der Waals surface area contributed by atoms with E-state index in [1.165, 1.54) is 43.4 Å². The molecular formula is C20H30ClN3O. The van der Waals surface area contributed by atoms with Crippen molar-refractivity contribution in [1.82, 2.24) is 15.1 Å². The third kappa shape index (κ3) is 5.75. The molecule has 25 heavy (non-hydrogen) atoms. The third-order valence-corrected chi connectivity index (χ3v) is 4.87. The molecule has 1 N–H and O–H groups in total. The molecule has 1 heterocycles. The van der Waals surface area contributed by atoms with Crippen LogP contribution in [0.1, 0.15) is 49.1 Å². The van der Waals surface area contributed by atoms with Gasteiger partial charge >= 0.3 is 0 Å². The summed E-state index contributed by atoms with van der Waals surface area (Å²) in [4.78, 5) is 0. The van der Waals surface area contributed by atoms with E-state index in [1.54, 1.807) is 0 Å². The summed E-state index contributed by atoms with van der Waals surface area (Å²) < 4.78 is 8.15. The van der Waals surface area contributed by atoms with Gasteiger partial charge in [0, 0.05) is 13.1 Å². The van der Waals surface area contributed by atoms with Crippen LogP contribution in [0, 0.1) is 12.8 Å². The van der Waals surface area contributed by atoms with Crippen molar-refractivity contribution < 1.29 is 4.74 Å². The van der Waals surface area contributed by atoms with Gasteiger partial charge in [0.15, 0.2) is 0 Å². The van der Waals surface area contributed by atoms with Gasteiger partial charge in [0.1, 0.15) is 12.4 Å². The summed E-state index contributed by atoms with van der Waals surface area (Å²) in [5.74, 6) is 1.81. The van der Waals surface area contributed by atoms with Crippen LogP contribution in [0.3, 0.4) is 0 Å². The Kier molecular flexibility index (Phi) is 7.79. The first-order valence-electron chi connectivity index (χ1n) is 9.14. The summed E-state index contributed by atoms with van der Waals surface area (Å²) in [5.41, 5.74) is 3.48. The number of halogens is 1. The van der Waals surface area contributed by atoms with Crippen LogP contribution in [0.2, 0.25) is 0 Å². The number of aryl methyl sites for hydroxylation is 2. The van der Waals surface area contributed by atoms with Gasteiger partial charge in [-0.05, 0) is 50.1 Å². The van der Waals surface area contributed by atoms with E-state index in [1.807, 2.05) is 19.2 Å². The number of hydrogen-bond donors (Lipinski definition) is 1. The molecule has 0 aliphatic heterocycles. The number of benzene rings is 1. The molecule has 1 saturated carbocycles. The van der Waals surface area contributed by atoms with Gasteiger partial charge in [0.25, 0.3) is 0 Å². The molecule has 0 atom stereocenters. The molecule has 138 valence electrons. The van der Waals surface area contributed by atoms with Crippen molar-refractivity contribution in [2.45, 2.75) is 58.7 Å². The molecule has 0 unspecified atom stereocenters. The van der Waals surface area contributed by atoms with Crippen LogP contribution >= 0.6 is 12.4 Å². The predicted octanol–water partition coefficient (Wildman–Crippen LogP) is 4.49. The van der Waals surface area contributed by atoms with Crippen LogP contribution < -0.4 is 10.1 Å². The van der Waals surface area contributed by atoms with Crippen molar-refractivity contribution in [3.8, 4) is 5.75 Å². The summed E-state index contributed by atoms with van der Waals surface area (Å²) in [6.07, 6.45) is 6.81. The average Bonchev–Trinajstić information content (AvgIpc) is 3.21. The van der Waals surface area contributed by atoms with Crippen molar-refractivity contribution in [2.75, 3.05) is 7.05 Å². The smallest absolute Gasteiger partial charge is 0.130 e. The van der Waals surface area contributed by atoms with Crippen molar-refractivity contribution >= 4 is 12.4 Å². The maximum Gasteiger partial charge on any atom is 0.130 e. The van der Waals surface area contributed by atoms with Gasteiger partial charge in [-0.15, -0.1) is 12.4 Å². The molecule has 0 amide bonds. The van der Waals surface area contributed by atoms with E-state index in [-0.39, 0.29) is 12.4 Å². The van der Waals surface area contributed by atoms with E-state index in [0.29, 0.717) is 6.61 Å².